The predicted octanol–water partition coefficient (Wildman–Crippen LogP) is 4.05. The van der Waals surface area contributed by atoms with Gasteiger partial charge in [0.2, 0.25) is 5.91 Å². The molecule has 0 heterocycles. The van der Waals surface area contributed by atoms with Gasteiger partial charge in [-0.25, -0.2) is 0 Å². The molecule has 0 spiro atoms. The number of nitrogens with one attached hydrogen (secondary N) is 2. The summed E-state index contributed by atoms with van der Waals surface area (Å²) in [5.41, 5.74) is 2.32. The van der Waals surface area contributed by atoms with E-state index >= 15 is 0 Å². The lowest BCUT2D eigenvalue weighted by Crippen LogP contribution is -2.16. The Morgan fingerprint density at radius 1 is 1.19 bits per heavy atom. The van der Waals surface area contributed by atoms with E-state index in [0.717, 1.165) is 11.3 Å². The molecule has 2 aromatic rings. The van der Waals surface area contributed by atoms with Gasteiger partial charge in [0.05, 0.1) is 18.7 Å². The normalized spacial score (nSPS) is 11.5. The smallest absolute Gasteiger partial charge is 0.306 e. The lowest BCUT2D eigenvalue weighted by molar-refractivity contribution is -0.141. The van der Waals surface area contributed by atoms with Gasteiger partial charge in [-0.3, -0.25) is 9.59 Å². The summed E-state index contributed by atoms with van der Waals surface area (Å²) in [4.78, 5) is 23.0. The largest absolute Gasteiger partial charge is 0.495 e. The number of aliphatic carboxylic acids is 1. The van der Waals surface area contributed by atoms with E-state index < -0.39 is 11.9 Å². The van der Waals surface area contributed by atoms with Crippen LogP contribution in [-0.4, -0.2) is 30.6 Å². The van der Waals surface area contributed by atoms with Crippen LogP contribution in [0.2, 0.25) is 5.02 Å². The number of carbonyl (C=O) groups is 2. The van der Waals surface area contributed by atoms with Crippen molar-refractivity contribution in [2.24, 2.45) is 5.92 Å². The first-order chi connectivity index (χ1) is 12.9. The van der Waals surface area contributed by atoms with E-state index in [1.54, 1.807) is 44.4 Å². The highest BCUT2D eigenvalue weighted by molar-refractivity contribution is 6.30. The summed E-state index contributed by atoms with van der Waals surface area (Å²) in [6.07, 6.45) is 0.725. The van der Waals surface area contributed by atoms with Crippen LogP contribution in [0.1, 0.15) is 18.9 Å². The molecule has 0 saturated heterocycles. The van der Waals surface area contributed by atoms with Gasteiger partial charge in [0, 0.05) is 23.7 Å². The summed E-state index contributed by atoms with van der Waals surface area (Å²) in [7, 11) is 1.57. The molecular weight excluding hydrogens is 368 g/mol. The van der Waals surface area contributed by atoms with Crippen LogP contribution in [0.25, 0.3) is 0 Å². The molecular formula is C20H23ClN2O4. The van der Waals surface area contributed by atoms with Gasteiger partial charge in [0.1, 0.15) is 5.75 Å². The number of amides is 1. The molecule has 27 heavy (non-hydrogen) atoms. The SMILES string of the molecule is COc1ccc(Cl)cc1NCCC(=O)Nc1ccc(CC(C)C(=O)O)cc1. The molecule has 0 fully saturated rings. The van der Waals surface area contributed by atoms with Gasteiger partial charge in [-0.2, -0.15) is 0 Å². The fraction of sp³-hybridized carbons (Fsp3) is 0.300. The Labute approximate surface area is 163 Å². The molecule has 6 nitrogen and oxygen atoms in total. The molecule has 0 bridgehead atoms. The summed E-state index contributed by atoms with van der Waals surface area (Å²) in [6, 6.07) is 12.4. The van der Waals surface area contributed by atoms with Gasteiger partial charge in [-0.05, 0) is 42.3 Å². The van der Waals surface area contributed by atoms with Crippen molar-refractivity contribution in [2.45, 2.75) is 19.8 Å². The summed E-state index contributed by atoms with van der Waals surface area (Å²) in [6.45, 7) is 2.09. The molecule has 1 amide bonds. The van der Waals surface area contributed by atoms with Crippen molar-refractivity contribution in [3.8, 4) is 5.75 Å². The topological polar surface area (TPSA) is 87.7 Å². The Hall–Kier alpha value is -2.73. The second-order valence-corrected chi connectivity index (χ2v) is 6.65. The number of carboxylic acids is 1. The fourth-order valence-electron chi connectivity index (χ4n) is 2.52. The van der Waals surface area contributed by atoms with Crippen LogP contribution >= 0.6 is 11.6 Å². The molecule has 2 aromatic carbocycles. The summed E-state index contributed by atoms with van der Waals surface area (Å²) in [5.74, 6) is -0.739. The van der Waals surface area contributed by atoms with Gasteiger partial charge < -0.3 is 20.5 Å². The van der Waals surface area contributed by atoms with Crippen LogP contribution in [0.4, 0.5) is 11.4 Å². The maximum atomic E-state index is 12.1. The van der Waals surface area contributed by atoms with Crippen LogP contribution in [-0.2, 0) is 16.0 Å². The van der Waals surface area contributed by atoms with Crippen molar-refractivity contribution in [3.05, 3.63) is 53.1 Å². The van der Waals surface area contributed by atoms with Gasteiger partial charge in [0.25, 0.3) is 0 Å². The minimum absolute atomic E-state index is 0.129. The Morgan fingerprint density at radius 2 is 1.89 bits per heavy atom. The number of methoxy groups -OCH3 is 1. The average molecular weight is 391 g/mol. The Morgan fingerprint density at radius 3 is 2.52 bits per heavy atom. The number of hydrogen-bond acceptors (Lipinski definition) is 4. The second-order valence-electron chi connectivity index (χ2n) is 6.21. The third-order valence-corrected chi connectivity index (χ3v) is 4.27. The molecule has 1 unspecified atom stereocenters. The predicted molar refractivity (Wildman–Crippen MR) is 107 cm³/mol. The summed E-state index contributed by atoms with van der Waals surface area (Å²) >= 11 is 5.98. The van der Waals surface area contributed by atoms with E-state index in [2.05, 4.69) is 10.6 Å². The number of ether oxygens (including phenoxy) is 1. The van der Waals surface area contributed by atoms with E-state index in [1.807, 2.05) is 12.1 Å². The quantitative estimate of drug-likeness (QED) is 0.601. The van der Waals surface area contributed by atoms with Crippen molar-refractivity contribution in [2.75, 3.05) is 24.3 Å². The van der Waals surface area contributed by atoms with E-state index in [-0.39, 0.29) is 12.3 Å². The van der Waals surface area contributed by atoms with Gasteiger partial charge >= 0.3 is 5.97 Å². The molecule has 1 atom stereocenters. The standard InChI is InChI=1S/C20H23ClN2O4/c1-13(20(25)26)11-14-3-6-16(7-4-14)23-19(24)9-10-22-17-12-15(21)5-8-18(17)27-2/h3-8,12-13,22H,9-11H2,1-2H3,(H,23,24)(H,25,26). The zero-order valence-corrected chi connectivity index (χ0v) is 16.0. The minimum atomic E-state index is -0.823. The maximum Gasteiger partial charge on any atom is 0.306 e. The monoisotopic (exact) mass is 390 g/mol. The number of hydrogen-bond donors (Lipinski definition) is 3. The van der Waals surface area contributed by atoms with Crippen molar-refractivity contribution < 1.29 is 19.4 Å². The van der Waals surface area contributed by atoms with Gasteiger partial charge in [0.15, 0.2) is 0 Å². The second kappa shape index (κ2) is 9.83. The molecule has 2 rings (SSSR count). The van der Waals surface area contributed by atoms with Crippen LogP contribution in [0.3, 0.4) is 0 Å². The molecule has 0 aromatic heterocycles. The van der Waals surface area contributed by atoms with Crippen molar-refractivity contribution >= 4 is 34.9 Å². The number of carboxylic acid groups (broad SMARTS) is 1. The first-order valence-corrected chi connectivity index (χ1v) is 8.96. The van der Waals surface area contributed by atoms with Crippen LogP contribution < -0.4 is 15.4 Å². The molecule has 0 saturated carbocycles. The van der Waals surface area contributed by atoms with Crippen molar-refractivity contribution in [1.82, 2.24) is 0 Å². The van der Waals surface area contributed by atoms with Gasteiger partial charge in [-0.15, -0.1) is 0 Å². The van der Waals surface area contributed by atoms with Crippen LogP contribution in [0.5, 0.6) is 5.75 Å². The lowest BCUT2D eigenvalue weighted by atomic mass is 10.0. The average Bonchev–Trinajstić information content (AvgIpc) is 2.63. The van der Waals surface area contributed by atoms with E-state index in [9.17, 15) is 9.59 Å². The number of rotatable bonds is 9. The Kier molecular flexibility index (Phi) is 7.49. The molecule has 0 aliphatic rings. The molecule has 0 radical (unpaired) electrons. The van der Waals surface area contributed by atoms with Gasteiger partial charge in [-0.1, -0.05) is 30.7 Å². The molecule has 7 heteroatoms. The highest BCUT2D eigenvalue weighted by Crippen LogP contribution is 2.27. The molecule has 3 N–H and O–H groups in total. The summed E-state index contributed by atoms with van der Waals surface area (Å²) in [5, 5.41) is 15.5. The minimum Gasteiger partial charge on any atom is -0.495 e. The van der Waals surface area contributed by atoms with E-state index in [0.29, 0.717) is 29.4 Å². The van der Waals surface area contributed by atoms with Crippen LogP contribution in [0, 0.1) is 5.92 Å². The molecule has 144 valence electrons. The third-order valence-electron chi connectivity index (χ3n) is 4.03. The number of anilines is 2. The highest BCUT2D eigenvalue weighted by Gasteiger charge is 2.11. The number of halogens is 1. The third kappa shape index (κ3) is 6.49. The maximum absolute atomic E-state index is 12.1. The number of carbonyl (C=O) groups excluding carboxylic acids is 1. The first kappa shape index (κ1) is 20.6. The Bertz CT molecular complexity index is 793. The highest BCUT2D eigenvalue weighted by atomic mass is 35.5. The zero-order chi connectivity index (χ0) is 19.8. The van der Waals surface area contributed by atoms with Crippen LogP contribution in [0.15, 0.2) is 42.5 Å². The molecule has 0 aliphatic heterocycles. The van der Waals surface area contributed by atoms with E-state index in [1.165, 1.54) is 0 Å². The zero-order valence-electron chi connectivity index (χ0n) is 15.3. The van der Waals surface area contributed by atoms with E-state index in [4.69, 9.17) is 21.4 Å². The van der Waals surface area contributed by atoms with Crippen molar-refractivity contribution in [3.63, 3.8) is 0 Å². The first-order valence-electron chi connectivity index (χ1n) is 8.58. The summed E-state index contributed by atoms with van der Waals surface area (Å²) < 4.78 is 5.25. The van der Waals surface area contributed by atoms with Crippen molar-refractivity contribution in [1.29, 1.82) is 0 Å². The number of benzene rings is 2. The Balaban J connectivity index is 1.82. The lowest BCUT2D eigenvalue weighted by Gasteiger charge is -2.12. The molecule has 0 aliphatic carbocycles. The fourth-order valence-corrected chi connectivity index (χ4v) is 2.69.